The molecule has 0 radical (unpaired) electrons. The third kappa shape index (κ3) is 1.99. The fraction of sp³-hybridized carbons (Fsp3) is 0.167. The lowest BCUT2D eigenvalue weighted by Gasteiger charge is -2.02. The van der Waals surface area contributed by atoms with E-state index in [2.05, 4.69) is 4.98 Å². The summed E-state index contributed by atoms with van der Waals surface area (Å²) in [7, 11) is 1.30. The van der Waals surface area contributed by atoms with Crippen molar-refractivity contribution in [1.82, 2.24) is 4.98 Å². The molecule has 7 heteroatoms. The maximum absolute atomic E-state index is 10.6. The molecule has 0 aliphatic carbocycles. The van der Waals surface area contributed by atoms with E-state index >= 15 is 0 Å². The van der Waals surface area contributed by atoms with E-state index in [1.165, 1.54) is 13.3 Å². The van der Waals surface area contributed by atoms with Gasteiger partial charge in [-0.15, -0.1) is 0 Å². The predicted octanol–water partition coefficient (Wildman–Crippen LogP) is 2.26. The number of hydrogen-bond acceptors (Lipinski definition) is 4. The Labute approximate surface area is 92.3 Å². The third-order valence-corrected chi connectivity index (χ3v) is 2.81. The van der Waals surface area contributed by atoms with E-state index in [0.29, 0.717) is 3.57 Å². The Balaban J connectivity index is 3.41. The third-order valence-electron chi connectivity index (χ3n) is 1.29. The Morgan fingerprint density at radius 1 is 1.77 bits per heavy atom. The highest BCUT2D eigenvalue weighted by atomic mass is 127. The SMILES string of the molecule is COc1ncc(I)c(Cl)c1[N+](=O)[O-]. The average molecular weight is 314 g/mol. The molecule has 0 spiro atoms. The number of aromatic nitrogens is 1. The van der Waals surface area contributed by atoms with Gasteiger partial charge in [0, 0.05) is 6.20 Å². The molecule has 0 fully saturated rings. The molecule has 0 aliphatic heterocycles. The highest BCUT2D eigenvalue weighted by molar-refractivity contribution is 14.1. The zero-order chi connectivity index (χ0) is 10.0. The largest absolute Gasteiger partial charge is 0.476 e. The van der Waals surface area contributed by atoms with Crippen molar-refractivity contribution in [2.75, 3.05) is 7.11 Å². The van der Waals surface area contributed by atoms with Crippen LogP contribution in [0.25, 0.3) is 0 Å². The van der Waals surface area contributed by atoms with Crippen molar-refractivity contribution in [2.45, 2.75) is 0 Å². The Morgan fingerprint density at radius 3 is 2.85 bits per heavy atom. The summed E-state index contributed by atoms with van der Waals surface area (Å²) in [5, 5.41) is 10.6. The van der Waals surface area contributed by atoms with Crippen LogP contribution in [0.5, 0.6) is 5.88 Å². The first-order valence-electron chi connectivity index (χ1n) is 3.10. The molecule has 13 heavy (non-hydrogen) atoms. The van der Waals surface area contributed by atoms with Crippen LogP contribution < -0.4 is 4.74 Å². The molecule has 0 aliphatic rings. The van der Waals surface area contributed by atoms with Gasteiger partial charge in [0.25, 0.3) is 5.88 Å². The summed E-state index contributed by atoms with van der Waals surface area (Å²) < 4.78 is 5.22. The standard InChI is InChI=1S/C6H4ClIN2O3/c1-13-6-5(10(11)12)4(7)3(8)2-9-6/h2H,1H3. The van der Waals surface area contributed by atoms with Crippen molar-refractivity contribution in [3.8, 4) is 5.88 Å². The summed E-state index contributed by atoms with van der Waals surface area (Å²) in [4.78, 5) is 13.7. The second kappa shape index (κ2) is 4.05. The lowest BCUT2D eigenvalue weighted by atomic mass is 10.4. The van der Waals surface area contributed by atoms with E-state index in [1.807, 2.05) is 22.6 Å². The number of halogens is 2. The van der Waals surface area contributed by atoms with Gasteiger partial charge in [-0.3, -0.25) is 10.1 Å². The number of nitrogens with zero attached hydrogens (tertiary/aromatic N) is 2. The summed E-state index contributed by atoms with van der Waals surface area (Å²) in [6, 6.07) is 0. The van der Waals surface area contributed by atoms with Crippen molar-refractivity contribution >= 4 is 39.9 Å². The number of hydrogen-bond donors (Lipinski definition) is 0. The van der Waals surface area contributed by atoms with Gasteiger partial charge in [-0.2, -0.15) is 0 Å². The smallest absolute Gasteiger partial charge is 0.350 e. The van der Waals surface area contributed by atoms with Crippen LogP contribution in [0.15, 0.2) is 6.20 Å². The second-order valence-electron chi connectivity index (χ2n) is 2.04. The summed E-state index contributed by atoms with van der Waals surface area (Å²) in [6.07, 6.45) is 1.41. The average Bonchev–Trinajstić information content (AvgIpc) is 2.08. The first-order valence-corrected chi connectivity index (χ1v) is 4.56. The minimum absolute atomic E-state index is 0.0532. The molecule has 1 rings (SSSR count). The molecule has 0 aromatic carbocycles. The summed E-state index contributed by atoms with van der Waals surface area (Å²) >= 11 is 7.56. The van der Waals surface area contributed by atoms with Gasteiger partial charge in [0.15, 0.2) is 0 Å². The zero-order valence-corrected chi connectivity index (χ0v) is 9.37. The molecule has 0 atom stereocenters. The second-order valence-corrected chi connectivity index (χ2v) is 3.58. The molecule has 0 saturated heterocycles. The van der Waals surface area contributed by atoms with Crippen LogP contribution in [-0.2, 0) is 0 Å². The van der Waals surface area contributed by atoms with Gasteiger partial charge in [0.1, 0.15) is 5.02 Å². The van der Waals surface area contributed by atoms with Gasteiger partial charge in [0.05, 0.1) is 15.6 Å². The van der Waals surface area contributed by atoms with Crippen LogP contribution in [0.1, 0.15) is 0 Å². The van der Waals surface area contributed by atoms with Crippen molar-refractivity contribution < 1.29 is 9.66 Å². The number of nitro groups is 1. The molecular formula is C6H4ClIN2O3. The van der Waals surface area contributed by atoms with Gasteiger partial charge in [0.2, 0.25) is 0 Å². The molecule has 1 aromatic heterocycles. The Morgan fingerprint density at radius 2 is 2.38 bits per heavy atom. The Hall–Kier alpha value is -0.630. The maximum Gasteiger partial charge on any atom is 0.350 e. The molecule has 0 N–H and O–H groups in total. The molecule has 0 unspecified atom stereocenters. The fourth-order valence-electron chi connectivity index (χ4n) is 0.748. The summed E-state index contributed by atoms with van der Waals surface area (Å²) in [5.74, 6) is -0.0737. The normalized spacial score (nSPS) is 9.77. The van der Waals surface area contributed by atoms with Crippen LogP contribution in [0, 0.1) is 13.7 Å². The maximum atomic E-state index is 10.6. The molecule has 70 valence electrons. The zero-order valence-electron chi connectivity index (χ0n) is 6.45. The first kappa shape index (κ1) is 10.5. The van der Waals surface area contributed by atoms with E-state index in [9.17, 15) is 10.1 Å². The van der Waals surface area contributed by atoms with E-state index in [4.69, 9.17) is 16.3 Å². The van der Waals surface area contributed by atoms with E-state index in [-0.39, 0.29) is 16.6 Å². The Kier molecular flexibility index (Phi) is 3.26. The molecule has 0 amide bonds. The van der Waals surface area contributed by atoms with Crippen molar-refractivity contribution in [3.05, 3.63) is 24.9 Å². The van der Waals surface area contributed by atoms with Crippen LogP contribution in [-0.4, -0.2) is 17.0 Å². The predicted molar refractivity (Wildman–Crippen MR) is 55.2 cm³/mol. The van der Waals surface area contributed by atoms with E-state index < -0.39 is 4.92 Å². The minimum Gasteiger partial charge on any atom is -0.476 e. The monoisotopic (exact) mass is 314 g/mol. The first-order chi connectivity index (χ1) is 6.07. The quantitative estimate of drug-likeness (QED) is 0.477. The fourth-order valence-corrected chi connectivity index (χ4v) is 1.34. The van der Waals surface area contributed by atoms with E-state index in [0.717, 1.165) is 0 Å². The number of rotatable bonds is 2. The minimum atomic E-state index is -0.615. The molecule has 1 aromatic rings. The van der Waals surface area contributed by atoms with Crippen LogP contribution >= 0.6 is 34.2 Å². The Bertz CT molecular complexity index is 358. The van der Waals surface area contributed by atoms with Gasteiger partial charge >= 0.3 is 5.69 Å². The molecule has 5 nitrogen and oxygen atoms in total. The summed E-state index contributed by atoms with van der Waals surface area (Å²) in [5.41, 5.74) is -0.295. The lowest BCUT2D eigenvalue weighted by molar-refractivity contribution is -0.386. The molecule has 0 bridgehead atoms. The van der Waals surface area contributed by atoms with Gasteiger partial charge in [-0.1, -0.05) is 11.6 Å². The lowest BCUT2D eigenvalue weighted by Crippen LogP contribution is -1.98. The molecule has 0 saturated carbocycles. The van der Waals surface area contributed by atoms with Crippen LogP contribution in [0.4, 0.5) is 5.69 Å². The van der Waals surface area contributed by atoms with Crippen LogP contribution in [0.2, 0.25) is 5.02 Å². The topological polar surface area (TPSA) is 65.3 Å². The number of pyridine rings is 1. The van der Waals surface area contributed by atoms with E-state index in [1.54, 1.807) is 0 Å². The highest BCUT2D eigenvalue weighted by Gasteiger charge is 2.23. The highest BCUT2D eigenvalue weighted by Crippen LogP contribution is 2.35. The van der Waals surface area contributed by atoms with Crippen molar-refractivity contribution in [1.29, 1.82) is 0 Å². The number of ether oxygens (including phenoxy) is 1. The van der Waals surface area contributed by atoms with Gasteiger partial charge in [-0.25, -0.2) is 4.98 Å². The van der Waals surface area contributed by atoms with Crippen molar-refractivity contribution in [3.63, 3.8) is 0 Å². The van der Waals surface area contributed by atoms with Crippen LogP contribution in [0.3, 0.4) is 0 Å². The molecular weight excluding hydrogens is 310 g/mol. The van der Waals surface area contributed by atoms with Crippen molar-refractivity contribution in [2.24, 2.45) is 0 Å². The summed E-state index contributed by atoms with van der Waals surface area (Å²) in [6.45, 7) is 0. The van der Waals surface area contributed by atoms with Gasteiger partial charge in [-0.05, 0) is 22.6 Å². The molecule has 1 heterocycles. The van der Waals surface area contributed by atoms with Gasteiger partial charge < -0.3 is 4.74 Å². The number of methoxy groups -OCH3 is 1.